The molecule has 3 nitrogen and oxygen atoms in total. The molecule has 0 amide bonds. The first kappa shape index (κ1) is 12.0. The van der Waals surface area contributed by atoms with Crippen LogP contribution < -0.4 is 5.32 Å². The van der Waals surface area contributed by atoms with E-state index in [9.17, 15) is 5.11 Å². The summed E-state index contributed by atoms with van der Waals surface area (Å²) in [5.41, 5.74) is 0. The van der Waals surface area contributed by atoms with E-state index in [1.54, 1.807) is 0 Å². The van der Waals surface area contributed by atoms with Crippen LogP contribution in [-0.4, -0.2) is 36.0 Å². The van der Waals surface area contributed by atoms with Gasteiger partial charge in [-0.05, 0) is 40.0 Å². The second-order valence-electron chi connectivity index (χ2n) is 4.40. The molecule has 0 bridgehead atoms. The van der Waals surface area contributed by atoms with Gasteiger partial charge in [-0.1, -0.05) is 0 Å². The summed E-state index contributed by atoms with van der Waals surface area (Å²) in [6.07, 6.45) is 3.34. The summed E-state index contributed by atoms with van der Waals surface area (Å²) in [5.74, 6) is 0. The molecular formula is C11H23NO2. The highest BCUT2D eigenvalue weighted by molar-refractivity contribution is 4.87. The van der Waals surface area contributed by atoms with Crippen LogP contribution in [0.25, 0.3) is 0 Å². The summed E-state index contributed by atoms with van der Waals surface area (Å²) >= 11 is 0. The fraction of sp³-hybridized carbons (Fsp3) is 1.00. The Hall–Kier alpha value is -0.120. The van der Waals surface area contributed by atoms with Gasteiger partial charge in [0, 0.05) is 18.7 Å². The van der Waals surface area contributed by atoms with Crippen LogP contribution >= 0.6 is 0 Å². The Morgan fingerprint density at radius 3 is 2.57 bits per heavy atom. The van der Waals surface area contributed by atoms with Crippen molar-refractivity contribution in [1.29, 1.82) is 0 Å². The lowest BCUT2D eigenvalue weighted by Gasteiger charge is -2.37. The number of nitrogens with one attached hydrogen (secondary N) is 1. The molecule has 2 N–H and O–H groups in total. The van der Waals surface area contributed by atoms with Gasteiger partial charge in [0.15, 0.2) is 0 Å². The standard InChI is InChI=1S/C11H23NO2/c1-4-14-11-6-10(7-11)12-8(2)5-9(3)13/h8-13H,4-7H2,1-3H3. The minimum atomic E-state index is -0.208. The average Bonchev–Trinajstić information content (AvgIpc) is 1.99. The van der Waals surface area contributed by atoms with E-state index in [1.807, 2.05) is 13.8 Å². The average molecular weight is 201 g/mol. The molecule has 0 radical (unpaired) electrons. The van der Waals surface area contributed by atoms with Crippen molar-refractivity contribution < 1.29 is 9.84 Å². The molecule has 0 aliphatic heterocycles. The molecule has 1 aliphatic rings. The molecule has 2 unspecified atom stereocenters. The molecule has 0 heterocycles. The number of aliphatic hydroxyl groups excluding tert-OH is 1. The van der Waals surface area contributed by atoms with Gasteiger partial charge in [-0.2, -0.15) is 0 Å². The van der Waals surface area contributed by atoms with Crippen molar-refractivity contribution in [2.75, 3.05) is 6.61 Å². The molecule has 0 spiro atoms. The predicted octanol–water partition coefficient (Wildman–Crippen LogP) is 1.30. The molecule has 1 rings (SSSR count). The number of aliphatic hydroxyl groups is 1. The Kier molecular flexibility index (Phi) is 4.85. The van der Waals surface area contributed by atoms with Crippen LogP contribution in [0.5, 0.6) is 0 Å². The topological polar surface area (TPSA) is 41.5 Å². The zero-order valence-corrected chi connectivity index (χ0v) is 9.49. The van der Waals surface area contributed by atoms with Crippen LogP contribution in [0.15, 0.2) is 0 Å². The van der Waals surface area contributed by atoms with E-state index in [-0.39, 0.29) is 6.10 Å². The lowest BCUT2D eigenvalue weighted by molar-refractivity contribution is -0.0130. The van der Waals surface area contributed by atoms with Gasteiger partial charge in [0.25, 0.3) is 0 Å². The fourth-order valence-electron chi connectivity index (χ4n) is 2.06. The Morgan fingerprint density at radius 2 is 2.07 bits per heavy atom. The maximum atomic E-state index is 9.20. The van der Waals surface area contributed by atoms with Gasteiger partial charge in [0.1, 0.15) is 0 Å². The summed E-state index contributed by atoms with van der Waals surface area (Å²) in [6.45, 7) is 6.82. The molecule has 1 aliphatic carbocycles. The maximum absolute atomic E-state index is 9.20. The van der Waals surface area contributed by atoms with E-state index < -0.39 is 0 Å². The minimum Gasteiger partial charge on any atom is -0.393 e. The molecule has 0 aromatic rings. The number of hydrogen-bond donors (Lipinski definition) is 2. The van der Waals surface area contributed by atoms with Gasteiger partial charge in [-0.15, -0.1) is 0 Å². The highest BCUT2D eigenvalue weighted by Crippen LogP contribution is 2.23. The van der Waals surface area contributed by atoms with Gasteiger partial charge >= 0.3 is 0 Å². The molecule has 1 saturated carbocycles. The Balaban J connectivity index is 2.04. The normalized spacial score (nSPS) is 30.9. The van der Waals surface area contributed by atoms with Gasteiger partial charge in [-0.3, -0.25) is 0 Å². The summed E-state index contributed by atoms with van der Waals surface area (Å²) in [7, 11) is 0. The maximum Gasteiger partial charge on any atom is 0.0604 e. The monoisotopic (exact) mass is 201 g/mol. The van der Waals surface area contributed by atoms with E-state index in [2.05, 4.69) is 12.2 Å². The fourth-order valence-corrected chi connectivity index (χ4v) is 2.06. The van der Waals surface area contributed by atoms with Crippen LogP contribution in [0, 0.1) is 0 Å². The molecule has 1 fully saturated rings. The third kappa shape index (κ3) is 3.95. The molecule has 2 atom stereocenters. The summed E-state index contributed by atoms with van der Waals surface area (Å²) in [6, 6.07) is 1.00. The van der Waals surface area contributed by atoms with Crippen LogP contribution in [0.4, 0.5) is 0 Å². The number of rotatable bonds is 6. The molecule has 0 aromatic carbocycles. The number of hydrogen-bond acceptors (Lipinski definition) is 3. The van der Waals surface area contributed by atoms with Crippen molar-refractivity contribution in [2.45, 2.75) is 64.3 Å². The second kappa shape index (κ2) is 5.69. The number of ether oxygens (including phenoxy) is 1. The van der Waals surface area contributed by atoms with Crippen molar-refractivity contribution in [3.05, 3.63) is 0 Å². The van der Waals surface area contributed by atoms with Crippen molar-refractivity contribution >= 4 is 0 Å². The molecule has 0 aromatic heterocycles. The zero-order chi connectivity index (χ0) is 10.6. The lowest BCUT2D eigenvalue weighted by atomic mass is 9.88. The van der Waals surface area contributed by atoms with Crippen LogP contribution in [0.3, 0.4) is 0 Å². The Bertz CT molecular complexity index is 155. The SMILES string of the molecule is CCOC1CC(NC(C)CC(C)O)C1. The smallest absolute Gasteiger partial charge is 0.0604 e. The van der Waals surface area contributed by atoms with Crippen LogP contribution in [0.2, 0.25) is 0 Å². The first-order chi connectivity index (χ1) is 6.61. The van der Waals surface area contributed by atoms with Crippen molar-refractivity contribution in [3.63, 3.8) is 0 Å². The molecule has 14 heavy (non-hydrogen) atoms. The first-order valence-corrected chi connectivity index (χ1v) is 5.67. The minimum absolute atomic E-state index is 0.208. The van der Waals surface area contributed by atoms with E-state index in [1.165, 1.54) is 0 Å². The lowest BCUT2D eigenvalue weighted by Crippen LogP contribution is -2.49. The highest BCUT2D eigenvalue weighted by Gasteiger charge is 2.30. The van der Waals surface area contributed by atoms with Gasteiger partial charge in [-0.25, -0.2) is 0 Å². The third-order valence-corrected chi connectivity index (χ3v) is 2.71. The van der Waals surface area contributed by atoms with E-state index in [0.717, 1.165) is 25.9 Å². The molecule has 3 heteroatoms. The molecular weight excluding hydrogens is 178 g/mol. The first-order valence-electron chi connectivity index (χ1n) is 5.67. The second-order valence-corrected chi connectivity index (χ2v) is 4.40. The van der Waals surface area contributed by atoms with Crippen molar-refractivity contribution in [3.8, 4) is 0 Å². The predicted molar refractivity (Wildman–Crippen MR) is 57.3 cm³/mol. The van der Waals surface area contributed by atoms with Crippen molar-refractivity contribution in [2.24, 2.45) is 0 Å². The van der Waals surface area contributed by atoms with Crippen molar-refractivity contribution in [1.82, 2.24) is 5.32 Å². The zero-order valence-electron chi connectivity index (χ0n) is 9.49. The van der Waals surface area contributed by atoms with E-state index in [0.29, 0.717) is 18.2 Å². The van der Waals surface area contributed by atoms with Gasteiger partial charge in [0.2, 0.25) is 0 Å². The van der Waals surface area contributed by atoms with Gasteiger partial charge < -0.3 is 15.2 Å². The molecule has 84 valence electrons. The Labute approximate surface area is 86.8 Å². The van der Waals surface area contributed by atoms with E-state index in [4.69, 9.17) is 4.74 Å². The summed E-state index contributed by atoms with van der Waals surface area (Å²) in [5, 5.41) is 12.7. The Morgan fingerprint density at radius 1 is 1.43 bits per heavy atom. The van der Waals surface area contributed by atoms with Crippen LogP contribution in [-0.2, 0) is 4.74 Å². The summed E-state index contributed by atoms with van der Waals surface area (Å²) < 4.78 is 5.48. The highest BCUT2D eigenvalue weighted by atomic mass is 16.5. The van der Waals surface area contributed by atoms with Crippen LogP contribution in [0.1, 0.15) is 40.0 Å². The quantitative estimate of drug-likeness (QED) is 0.680. The van der Waals surface area contributed by atoms with E-state index >= 15 is 0 Å². The van der Waals surface area contributed by atoms with Gasteiger partial charge in [0.05, 0.1) is 12.2 Å². The third-order valence-electron chi connectivity index (χ3n) is 2.71. The summed E-state index contributed by atoms with van der Waals surface area (Å²) in [4.78, 5) is 0. The largest absolute Gasteiger partial charge is 0.393 e. The molecule has 0 saturated heterocycles.